The van der Waals surface area contributed by atoms with Gasteiger partial charge in [0.2, 0.25) is 0 Å². The number of aryl methyl sites for hydroxylation is 1. The van der Waals surface area contributed by atoms with Gasteiger partial charge < -0.3 is 16.0 Å². The van der Waals surface area contributed by atoms with Gasteiger partial charge in [-0.3, -0.25) is 0 Å². The second-order valence-corrected chi connectivity index (χ2v) is 7.32. The number of amides is 2. The fourth-order valence-corrected chi connectivity index (χ4v) is 3.37. The maximum absolute atomic E-state index is 12.1. The lowest BCUT2D eigenvalue weighted by molar-refractivity contribution is 0.252. The summed E-state index contributed by atoms with van der Waals surface area (Å²) in [6.45, 7) is 4.83. The van der Waals surface area contributed by atoms with Crippen molar-refractivity contribution < 1.29 is 4.79 Å². The van der Waals surface area contributed by atoms with E-state index in [4.69, 9.17) is 11.6 Å². The summed E-state index contributed by atoms with van der Waals surface area (Å²) in [6, 6.07) is 21.5. The number of halogens is 1. The first-order valence-electron chi connectivity index (χ1n) is 9.85. The van der Waals surface area contributed by atoms with Crippen molar-refractivity contribution in [3.63, 3.8) is 0 Å². The molecule has 3 aromatic carbocycles. The molecule has 0 aliphatic carbocycles. The Morgan fingerprint density at radius 3 is 2.38 bits per heavy atom. The van der Waals surface area contributed by atoms with Crippen LogP contribution in [0.5, 0.6) is 0 Å². The van der Waals surface area contributed by atoms with E-state index >= 15 is 0 Å². The number of rotatable bonds is 7. The molecule has 4 nitrogen and oxygen atoms in total. The molecule has 0 saturated heterocycles. The van der Waals surface area contributed by atoms with Gasteiger partial charge in [-0.1, -0.05) is 67.4 Å². The van der Waals surface area contributed by atoms with Crippen molar-refractivity contribution in [3.05, 3.63) is 77.3 Å². The molecule has 0 atom stereocenters. The van der Waals surface area contributed by atoms with Crippen LogP contribution in [0.25, 0.3) is 11.1 Å². The van der Waals surface area contributed by atoms with E-state index in [2.05, 4.69) is 41.9 Å². The standard InChI is InChI=1S/C24H26ClN3O/c1-3-4-15-26-24(29)28-23-12-8-7-11-22(23)27-18-13-14-20(21(25)16-18)19-10-6-5-9-17(19)2/h5-14,16,27H,3-4,15H2,1-2H3,(H2,26,28,29). The molecule has 3 N–H and O–H groups in total. The molecular weight excluding hydrogens is 382 g/mol. The lowest BCUT2D eigenvalue weighted by Crippen LogP contribution is -2.29. The molecule has 0 unspecified atom stereocenters. The predicted molar refractivity (Wildman–Crippen MR) is 123 cm³/mol. The highest BCUT2D eigenvalue weighted by atomic mass is 35.5. The molecule has 5 heteroatoms. The first-order valence-corrected chi connectivity index (χ1v) is 10.2. The van der Waals surface area contributed by atoms with E-state index in [0.29, 0.717) is 17.3 Å². The quantitative estimate of drug-likeness (QED) is 0.370. The molecule has 150 valence electrons. The van der Waals surface area contributed by atoms with E-state index in [1.807, 2.05) is 54.6 Å². The molecule has 0 aliphatic heterocycles. The van der Waals surface area contributed by atoms with Crippen LogP contribution in [0, 0.1) is 6.92 Å². The zero-order valence-electron chi connectivity index (χ0n) is 16.8. The lowest BCUT2D eigenvalue weighted by atomic mass is 10.0. The van der Waals surface area contributed by atoms with E-state index in [9.17, 15) is 4.79 Å². The molecule has 0 radical (unpaired) electrons. The minimum atomic E-state index is -0.208. The summed E-state index contributed by atoms with van der Waals surface area (Å²) in [5, 5.41) is 9.79. The molecule has 0 fully saturated rings. The molecule has 2 amide bonds. The third kappa shape index (κ3) is 5.52. The maximum atomic E-state index is 12.1. The van der Waals surface area contributed by atoms with Gasteiger partial charge in [-0.05, 0) is 48.7 Å². The Bertz CT molecular complexity index is 987. The Hall–Kier alpha value is -2.98. The third-order valence-electron chi connectivity index (χ3n) is 4.67. The third-order valence-corrected chi connectivity index (χ3v) is 4.99. The number of hydrogen-bond donors (Lipinski definition) is 3. The van der Waals surface area contributed by atoms with Crippen molar-refractivity contribution in [1.29, 1.82) is 0 Å². The molecule has 0 aliphatic rings. The SMILES string of the molecule is CCCCNC(=O)Nc1ccccc1Nc1ccc(-c2ccccc2C)c(Cl)c1. The van der Waals surface area contributed by atoms with Gasteiger partial charge >= 0.3 is 6.03 Å². The fraction of sp³-hybridized carbons (Fsp3) is 0.208. The largest absolute Gasteiger partial charge is 0.354 e. The second kappa shape index (κ2) is 9.99. The number of unbranched alkanes of at least 4 members (excludes halogenated alkanes) is 1. The number of para-hydroxylation sites is 2. The summed E-state index contributed by atoms with van der Waals surface area (Å²) in [5.74, 6) is 0. The van der Waals surface area contributed by atoms with Crippen LogP contribution in [-0.4, -0.2) is 12.6 Å². The van der Waals surface area contributed by atoms with Crippen molar-refractivity contribution in [2.75, 3.05) is 17.2 Å². The minimum absolute atomic E-state index is 0.208. The first-order chi connectivity index (χ1) is 14.1. The Kier molecular flexibility index (Phi) is 7.14. The van der Waals surface area contributed by atoms with Crippen LogP contribution in [0.3, 0.4) is 0 Å². The van der Waals surface area contributed by atoms with Crippen LogP contribution >= 0.6 is 11.6 Å². The van der Waals surface area contributed by atoms with Crippen molar-refractivity contribution >= 4 is 34.7 Å². The lowest BCUT2D eigenvalue weighted by Gasteiger charge is -2.15. The number of hydrogen-bond acceptors (Lipinski definition) is 2. The number of anilines is 3. The highest BCUT2D eigenvalue weighted by Gasteiger charge is 2.09. The fourth-order valence-electron chi connectivity index (χ4n) is 3.09. The van der Waals surface area contributed by atoms with Crippen LogP contribution in [0.15, 0.2) is 66.7 Å². The van der Waals surface area contributed by atoms with Crippen LogP contribution in [0.2, 0.25) is 5.02 Å². The first kappa shape index (κ1) is 20.7. The summed E-state index contributed by atoms with van der Waals surface area (Å²) in [6.07, 6.45) is 2.00. The van der Waals surface area contributed by atoms with Gasteiger partial charge in [0, 0.05) is 17.8 Å². The highest BCUT2D eigenvalue weighted by Crippen LogP contribution is 2.34. The van der Waals surface area contributed by atoms with Crippen LogP contribution < -0.4 is 16.0 Å². The zero-order chi connectivity index (χ0) is 20.6. The Labute approximate surface area is 177 Å². The van der Waals surface area contributed by atoms with Gasteiger partial charge in [-0.15, -0.1) is 0 Å². The predicted octanol–water partition coefficient (Wildman–Crippen LogP) is 6.98. The van der Waals surface area contributed by atoms with Crippen molar-refractivity contribution in [2.45, 2.75) is 26.7 Å². The topological polar surface area (TPSA) is 53.2 Å². The molecule has 0 bridgehead atoms. The summed E-state index contributed by atoms with van der Waals surface area (Å²) >= 11 is 6.58. The van der Waals surface area contributed by atoms with Gasteiger partial charge in [-0.2, -0.15) is 0 Å². The molecule has 0 heterocycles. The minimum Gasteiger partial charge on any atom is -0.354 e. The smallest absolute Gasteiger partial charge is 0.319 e. The maximum Gasteiger partial charge on any atom is 0.319 e. The summed E-state index contributed by atoms with van der Waals surface area (Å²) in [5.41, 5.74) is 5.66. The van der Waals surface area contributed by atoms with E-state index in [1.54, 1.807) is 0 Å². The molecule has 0 spiro atoms. The number of carbonyl (C=O) groups is 1. The average Bonchev–Trinajstić information content (AvgIpc) is 2.71. The molecule has 29 heavy (non-hydrogen) atoms. The van der Waals surface area contributed by atoms with Crippen LogP contribution in [0.4, 0.5) is 21.9 Å². The van der Waals surface area contributed by atoms with Crippen LogP contribution in [-0.2, 0) is 0 Å². The Morgan fingerprint density at radius 2 is 1.66 bits per heavy atom. The highest BCUT2D eigenvalue weighted by molar-refractivity contribution is 6.33. The van der Waals surface area contributed by atoms with Crippen molar-refractivity contribution in [2.24, 2.45) is 0 Å². The number of benzene rings is 3. The monoisotopic (exact) mass is 407 g/mol. The summed E-state index contributed by atoms with van der Waals surface area (Å²) < 4.78 is 0. The molecule has 0 aromatic heterocycles. The van der Waals surface area contributed by atoms with Gasteiger partial charge in [0.1, 0.15) is 0 Å². The van der Waals surface area contributed by atoms with E-state index in [-0.39, 0.29) is 6.03 Å². The number of carbonyl (C=O) groups excluding carboxylic acids is 1. The van der Waals surface area contributed by atoms with E-state index in [1.165, 1.54) is 5.56 Å². The Balaban J connectivity index is 1.76. The number of urea groups is 1. The summed E-state index contributed by atoms with van der Waals surface area (Å²) in [4.78, 5) is 12.1. The van der Waals surface area contributed by atoms with E-state index < -0.39 is 0 Å². The van der Waals surface area contributed by atoms with Gasteiger partial charge in [0.05, 0.1) is 16.4 Å². The van der Waals surface area contributed by atoms with Gasteiger partial charge in [0.25, 0.3) is 0 Å². The van der Waals surface area contributed by atoms with Gasteiger partial charge in [-0.25, -0.2) is 4.79 Å². The number of nitrogens with one attached hydrogen (secondary N) is 3. The molecular formula is C24H26ClN3O. The summed E-state index contributed by atoms with van der Waals surface area (Å²) in [7, 11) is 0. The van der Waals surface area contributed by atoms with Gasteiger partial charge in [0.15, 0.2) is 0 Å². The molecule has 3 rings (SSSR count). The molecule has 0 saturated carbocycles. The molecule has 3 aromatic rings. The average molecular weight is 408 g/mol. The second-order valence-electron chi connectivity index (χ2n) is 6.91. The zero-order valence-corrected chi connectivity index (χ0v) is 17.5. The van der Waals surface area contributed by atoms with Crippen molar-refractivity contribution in [1.82, 2.24) is 5.32 Å². The normalized spacial score (nSPS) is 10.4. The Morgan fingerprint density at radius 1 is 0.931 bits per heavy atom. The van der Waals surface area contributed by atoms with Crippen molar-refractivity contribution in [3.8, 4) is 11.1 Å². The van der Waals surface area contributed by atoms with Crippen LogP contribution in [0.1, 0.15) is 25.3 Å². The van der Waals surface area contributed by atoms with E-state index in [0.717, 1.165) is 35.3 Å².